The van der Waals surface area contributed by atoms with Crippen molar-refractivity contribution in [3.05, 3.63) is 52.8 Å². The Kier molecular flexibility index (Phi) is 6.19. The summed E-state index contributed by atoms with van der Waals surface area (Å²) < 4.78 is 34.7. The summed E-state index contributed by atoms with van der Waals surface area (Å²) in [6.45, 7) is 7.48. The molecule has 0 saturated heterocycles. The molecule has 162 valence electrons. The SMILES string of the molecule is CCn1c(C)c(C(=O)[C@H](C)N(C2CC2)S(=O)(=O)c2ccccc2)c(C)c1C(=O)OC. The molecule has 0 amide bonds. The molecule has 1 aromatic carbocycles. The van der Waals surface area contributed by atoms with Gasteiger partial charge in [-0.15, -0.1) is 0 Å². The summed E-state index contributed by atoms with van der Waals surface area (Å²) >= 11 is 0. The predicted molar refractivity (Wildman–Crippen MR) is 113 cm³/mol. The molecule has 2 aromatic rings. The van der Waals surface area contributed by atoms with Crippen molar-refractivity contribution in [3.63, 3.8) is 0 Å². The lowest BCUT2D eigenvalue weighted by molar-refractivity contribution is 0.0587. The zero-order valence-electron chi connectivity index (χ0n) is 18.0. The number of carbonyl (C=O) groups excluding carboxylic acids is 2. The van der Waals surface area contributed by atoms with Gasteiger partial charge in [0.2, 0.25) is 10.0 Å². The van der Waals surface area contributed by atoms with Gasteiger partial charge in [0.05, 0.1) is 18.0 Å². The van der Waals surface area contributed by atoms with Gasteiger partial charge in [-0.2, -0.15) is 4.31 Å². The maximum atomic E-state index is 13.6. The predicted octanol–water partition coefficient (Wildman–Crippen LogP) is 3.34. The second kappa shape index (κ2) is 8.35. The third kappa shape index (κ3) is 3.70. The highest BCUT2D eigenvalue weighted by atomic mass is 32.2. The molecule has 1 saturated carbocycles. The van der Waals surface area contributed by atoms with E-state index in [0.29, 0.717) is 29.1 Å². The van der Waals surface area contributed by atoms with Crippen molar-refractivity contribution in [2.75, 3.05) is 7.11 Å². The monoisotopic (exact) mass is 432 g/mol. The van der Waals surface area contributed by atoms with E-state index in [1.54, 1.807) is 55.7 Å². The molecule has 1 fully saturated rings. The quantitative estimate of drug-likeness (QED) is 0.472. The van der Waals surface area contributed by atoms with Gasteiger partial charge in [0.1, 0.15) is 5.69 Å². The van der Waals surface area contributed by atoms with Crippen LogP contribution in [0.15, 0.2) is 35.2 Å². The lowest BCUT2D eigenvalue weighted by Gasteiger charge is -2.27. The molecule has 0 unspecified atom stereocenters. The van der Waals surface area contributed by atoms with Gasteiger partial charge in [0, 0.05) is 23.8 Å². The molecule has 0 aliphatic heterocycles. The third-order valence-corrected chi connectivity index (χ3v) is 7.73. The van der Waals surface area contributed by atoms with Gasteiger partial charge < -0.3 is 9.30 Å². The standard InChI is InChI=1S/C22H28N2O5S/c1-6-23-15(3)19(14(2)20(23)22(26)29-5)21(25)16(4)24(17-12-13-17)30(27,28)18-10-8-7-9-11-18/h7-11,16-17H,6,12-13H2,1-5H3/t16-/m0/s1. The minimum absolute atomic E-state index is 0.173. The fraction of sp³-hybridized carbons (Fsp3) is 0.455. The van der Waals surface area contributed by atoms with E-state index in [0.717, 1.165) is 12.8 Å². The fourth-order valence-electron chi connectivity index (χ4n) is 4.10. The van der Waals surface area contributed by atoms with E-state index < -0.39 is 22.0 Å². The zero-order chi connectivity index (χ0) is 22.2. The molecular weight excluding hydrogens is 404 g/mol. The Balaban J connectivity index is 2.06. The van der Waals surface area contributed by atoms with Crippen LogP contribution in [0.25, 0.3) is 0 Å². The minimum atomic E-state index is -3.83. The maximum absolute atomic E-state index is 13.6. The first kappa shape index (κ1) is 22.2. The first-order chi connectivity index (χ1) is 14.2. The van der Waals surface area contributed by atoms with Crippen LogP contribution in [-0.2, 0) is 21.3 Å². The molecular formula is C22H28N2O5S. The Morgan fingerprint density at radius 1 is 1.20 bits per heavy atom. The van der Waals surface area contributed by atoms with Crippen molar-refractivity contribution >= 4 is 21.8 Å². The second-order valence-electron chi connectivity index (χ2n) is 7.59. The van der Waals surface area contributed by atoms with Crippen molar-refractivity contribution < 1.29 is 22.7 Å². The van der Waals surface area contributed by atoms with Gasteiger partial charge in [-0.3, -0.25) is 4.79 Å². The first-order valence-corrected chi connectivity index (χ1v) is 11.5. The minimum Gasteiger partial charge on any atom is -0.464 e. The highest BCUT2D eigenvalue weighted by Gasteiger charge is 2.44. The zero-order valence-corrected chi connectivity index (χ0v) is 18.8. The van der Waals surface area contributed by atoms with Crippen LogP contribution in [0.3, 0.4) is 0 Å². The highest BCUT2D eigenvalue weighted by molar-refractivity contribution is 7.89. The van der Waals surface area contributed by atoms with Crippen LogP contribution < -0.4 is 0 Å². The van der Waals surface area contributed by atoms with Crippen molar-refractivity contribution in [2.45, 2.75) is 64.1 Å². The molecule has 0 spiro atoms. The van der Waals surface area contributed by atoms with E-state index in [9.17, 15) is 18.0 Å². The Bertz CT molecular complexity index is 1070. The second-order valence-corrected chi connectivity index (χ2v) is 9.43. The Morgan fingerprint density at radius 3 is 2.30 bits per heavy atom. The largest absolute Gasteiger partial charge is 0.464 e. The molecule has 1 aliphatic rings. The van der Waals surface area contributed by atoms with E-state index in [1.807, 2.05) is 6.92 Å². The topological polar surface area (TPSA) is 85.7 Å². The van der Waals surface area contributed by atoms with Crippen LogP contribution in [0.4, 0.5) is 0 Å². The van der Waals surface area contributed by atoms with Gasteiger partial charge >= 0.3 is 5.97 Å². The molecule has 7 nitrogen and oxygen atoms in total. The molecule has 1 aromatic heterocycles. The van der Waals surface area contributed by atoms with Gasteiger partial charge in [-0.1, -0.05) is 18.2 Å². The summed E-state index contributed by atoms with van der Waals surface area (Å²) in [7, 11) is -2.53. The van der Waals surface area contributed by atoms with Crippen LogP contribution in [0, 0.1) is 13.8 Å². The van der Waals surface area contributed by atoms with Crippen LogP contribution in [0.1, 0.15) is 58.8 Å². The molecule has 8 heteroatoms. The van der Waals surface area contributed by atoms with Gasteiger partial charge in [-0.05, 0) is 58.2 Å². The number of Topliss-reactive ketones (excluding diaryl/α,β-unsaturated/α-hetero) is 1. The summed E-state index contributed by atoms with van der Waals surface area (Å²) in [6.07, 6.45) is 1.45. The van der Waals surface area contributed by atoms with Crippen molar-refractivity contribution in [1.82, 2.24) is 8.87 Å². The van der Waals surface area contributed by atoms with Crippen LogP contribution >= 0.6 is 0 Å². The van der Waals surface area contributed by atoms with E-state index >= 15 is 0 Å². The summed E-state index contributed by atoms with van der Waals surface area (Å²) in [5, 5.41) is 0. The van der Waals surface area contributed by atoms with Crippen LogP contribution in [0.2, 0.25) is 0 Å². The number of benzene rings is 1. The summed E-state index contributed by atoms with van der Waals surface area (Å²) in [4.78, 5) is 26.0. The fourth-order valence-corrected chi connectivity index (χ4v) is 5.96. The van der Waals surface area contributed by atoms with Crippen LogP contribution in [0.5, 0.6) is 0 Å². The Hall–Kier alpha value is -2.45. The number of hydrogen-bond donors (Lipinski definition) is 0. The number of rotatable bonds is 8. The van der Waals surface area contributed by atoms with Crippen LogP contribution in [-0.4, -0.2) is 48.2 Å². The van der Waals surface area contributed by atoms with Crippen molar-refractivity contribution in [2.24, 2.45) is 0 Å². The lowest BCUT2D eigenvalue weighted by atomic mass is 10.0. The normalized spacial score (nSPS) is 15.3. The number of hydrogen-bond acceptors (Lipinski definition) is 5. The van der Waals surface area contributed by atoms with Crippen molar-refractivity contribution in [1.29, 1.82) is 0 Å². The van der Waals surface area contributed by atoms with E-state index in [-0.39, 0.29) is 16.7 Å². The van der Waals surface area contributed by atoms with E-state index in [4.69, 9.17) is 4.74 Å². The van der Waals surface area contributed by atoms with Gasteiger partial charge in [-0.25, -0.2) is 13.2 Å². The van der Waals surface area contributed by atoms with Gasteiger partial charge in [0.25, 0.3) is 0 Å². The number of carbonyl (C=O) groups is 2. The molecule has 3 rings (SSSR count). The van der Waals surface area contributed by atoms with Gasteiger partial charge in [0.15, 0.2) is 5.78 Å². The summed E-state index contributed by atoms with van der Waals surface area (Å²) in [6, 6.07) is 7.10. The van der Waals surface area contributed by atoms with E-state index in [2.05, 4.69) is 0 Å². The molecule has 1 atom stereocenters. The lowest BCUT2D eigenvalue weighted by Crippen LogP contribution is -2.45. The average molecular weight is 433 g/mol. The Morgan fingerprint density at radius 2 is 1.80 bits per heavy atom. The number of esters is 1. The summed E-state index contributed by atoms with van der Waals surface area (Å²) in [5.74, 6) is -0.825. The molecule has 0 bridgehead atoms. The summed E-state index contributed by atoms with van der Waals surface area (Å²) in [5.41, 5.74) is 1.88. The molecule has 30 heavy (non-hydrogen) atoms. The molecule has 0 N–H and O–H groups in total. The average Bonchev–Trinajstić information content (AvgIpc) is 3.52. The smallest absolute Gasteiger partial charge is 0.354 e. The number of aromatic nitrogens is 1. The molecule has 1 heterocycles. The van der Waals surface area contributed by atoms with Crippen molar-refractivity contribution in [3.8, 4) is 0 Å². The number of methoxy groups -OCH3 is 1. The van der Waals surface area contributed by atoms with E-state index in [1.165, 1.54) is 11.4 Å². The number of ketones is 1. The molecule has 1 aliphatic carbocycles. The number of ether oxygens (including phenoxy) is 1. The maximum Gasteiger partial charge on any atom is 0.354 e. The number of nitrogens with zero attached hydrogens (tertiary/aromatic N) is 2. The molecule has 0 radical (unpaired) electrons. The third-order valence-electron chi connectivity index (χ3n) is 5.69. The number of sulfonamides is 1. The highest BCUT2D eigenvalue weighted by Crippen LogP contribution is 2.36. The first-order valence-electron chi connectivity index (χ1n) is 10.1. The Labute approximate surface area is 177 Å².